The molecule has 0 aromatic heterocycles. The number of amidine groups is 1. The molecular formula is C14H21ClN2O. The normalized spacial score (nSPS) is 16.0. The van der Waals surface area contributed by atoms with Crippen LogP contribution in [0.4, 0.5) is 0 Å². The van der Waals surface area contributed by atoms with Crippen LogP contribution >= 0.6 is 12.4 Å². The van der Waals surface area contributed by atoms with Crippen LogP contribution in [0.3, 0.4) is 0 Å². The lowest BCUT2D eigenvalue weighted by atomic mass is 10.1. The van der Waals surface area contributed by atoms with E-state index in [0.29, 0.717) is 0 Å². The first-order valence-corrected chi connectivity index (χ1v) is 6.08. The van der Waals surface area contributed by atoms with Crippen LogP contribution in [0.15, 0.2) is 23.2 Å². The third kappa shape index (κ3) is 2.96. The summed E-state index contributed by atoms with van der Waals surface area (Å²) < 4.78 is 6.01. The highest BCUT2D eigenvalue weighted by Crippen LogP contribution is 2.22. The van der Waals surface area contributed by atoms with E-state index >= 15 is 0 Å². The van der Waals surface area contributed by atoms with Crippen molar-refractivity contribution in [3.8, 4) is 5.75 Å². The summed E-state index contributed by atoms with van der Waals surface area (Å²) in [6, 6.07) is 6.16. The van der Waals surface area contributed by atoms with Crippen LogP contribution in [-0.2, 0) is 0 Å². The van der Waals surface area contributed by atoms with Crippen molar-refractivity contribution in [3.05, 3.63) is 29.3 Å². The standard InChI is InChI=1S/C14H20N2O.ClH/c1-10-6-5-7-13(11(10)2)17-12(3)14-15-8-9-16(14)4;/h5-7,12H,8-9H2,1-4H3;1H. The molecule has 1 atom stereocenters. The van der Waals surface area contributed by atoms with E-state index in [1.165, 1.54) is 11.1 Å². The van der Waals surface area contributed by atoms with Crippen molar-refractivity contribution in [1.82, 2.24) is 4.90 Å². The molecule has 0 saturated heterocycles. The molecule has 0 spiro atoms. The number of likely N-dealkylation sites (N-methyl/N-ethyl adjacent to an activating group) is 1. The van der Waals surface area contributed by atoms with Crippen LogP contribution in [0.25, 0.3) is 0 Å². The Bertz CT molecular complexity index is 445. The molecule has 4 heteroatoms. The maximum atomic E-state index is 6.01. The summed E-state index contributed by atoms with van der Waals surface area (Å²) in [5, 5.41) is 0. The number of ether oxygens (including phenoxy) is 1. The number of halogens is 1. The van der Waals surface area contributed by atoms with Gasteiger partial charge >= 0.3 is 0 Å². The molecule has 0 amide bonds. The number of benzene rings is 1. The summed E-state index contributed by atoms with van der Waals surface area (Å²) >= 11 is 0. The van der Waals surface area contributed by atoms with E-state index in [1.807, 2.05) is 12.1 Å². The molecule has 100 valence electrons. The van der Waals surface area contributed by atoms with Crippen molar-refractivity contribution >= 4 is 18.2 Å². The molecule has 3 nitrogen and oxygen atoms in total. The number of nitrogens with zero attached hydrogens (tertiary/aromatic N) is 2. The molecule has 1 aliphatic heterocycles. The van der Waals surface area contributed by atoms with E-state index in [0.717, 1.165) is 24.7 Å². The Morgan fingerprint density at radius 3 is 2.67 bits per heavy atom. The van der Waals surface area contributed by atoms with Crippen LogP contribution in [0.1, 0.15) is 18.1 Å². The van der Waals surface area contributed by atoms with Gasteiger partial charge in [0.1, 0.15) is 11.6 Å². The van der Waals surface area contributed by atoms with E-state index < -0.39 is 0 Å². The van der Waals surface area contributed by atoms with Gasteiger partial charge in [-0.2, -0.15) is 0 Å². The maximum Gasteiger partial charge on any atom is 0.153 e. The SMILES string of the molecule is Cc1cccc(OC(C)C2=NCCN2C)c1C.Cl. The summed E-state index contributed by atoms with van der Waals surface area (Å²) in [4.78, 5) is 6.64. The molecule has 0 aliphatic carbocycles. The fourth-order valence-corrected chi connectivity index (χ4v) is 2.08. The van der Waals surface area contributed by atoms with Crippen LogP contribution in [0.2, 0.25) is 0 Å². The lowest BCUT2D eigenvalue weighted by Gasteiger charge is -2.22. The Labute approximate surface area is 115 Å². The van der Waals surface area contributed by atoms with Crippen LogP contribution in [0.5, 0.6) is 5.75 Å². The molecule has 2 rings (SSSR count). The number of rotatable bonds is 3. The lowest BCUT2D eigenvalue weighted by molar-refractivity contribution is 0.270. The second-order valence-corrected chi connectivity index (χ2v) is 4.62. The van der Waals surface area contributed by atoms with Crippen molar-refractivity contribution in [2.75, 3.05) is 20.1 Å². The Hall–Kier alpha value is -1.22. The number of hydrogen-bond acceptors (Lipinski definition) is 3. The van der Waals surface area contributed by atoms with E-state index in [-0.39, 0.29) is 18.5 Å². The molecule has 18 heavy (non-hydrogen) atoms. The molecule has 0 bridgehead atoms. The van der Waals surface area contributed by atoms with Crippen molar-refractivity contribution in [2.45, 2.75) is 26.9 Å². The zero-order valence-electron chi connectivity index (χ0n) is 11.4. The highest BCUT2D eigenvalue weighted by Gasteiger charge is 2.21. The van der Waals surface area contributed by atoms with Crippen LogP contribution in [0, 0.1) is 13.8 Å². The topological polar surface area (TPSA) is 24.8 Å². The summed E-state index contributed by atoms with van der Waals surface area (Å²) in [6.07, 6.45) is 0.0167. The molecule has 0 fully saturated rings. The zero-order valence-corrected chi connectivity index (χ0v) is 12.3. The van der Waals surface area contributed by atoms with Gasteiger partial charge in [0.25, 0.3) is 0 Å². The first-order chi connectivity index (χ1) is 8.09. The predicted octanol–water partition coefficient (Wildman–Crippen LogP) is 2.84. The minimum absolute atomic E-state index is 0. The van der Waals surface area contributed by atoms with Crippen molar-refractivity contribution in [3.63, 3.8) is 0 Å². The third-order valence-corrected chi connectivity index (χ3v) is 3.32. The van der Waals surface area contributed by atoms with E-state index in [4.69, 9.17) is 4.74 Å². The fraction of sp³-hybridized carbons (Fsp3) is 0.500. The average Bonchev–Trinajstić information content (AvgIpc) is 2.71. The minimum Gasteiger partial charge on any atom is -0.483 e. The number of aliphatic imine (C=N–C) groups is 1. The summed E-state index contributed by atoms with van der Waals surface area (Å²) in [5.41, 5.74) is 2.47. The Kier molecular flexibility index (Phi) is 5.03. The molecule has 1 unspecified atom stereocenters. The largest absolute Gasteiger partial charge is 0.483 e. The molecule has 0 N–H and O–H groups in total. The summed E-state index contributed by atoms with van der Waals surface area (Å²) in [7, 11) is 2.06. The molecule has 1 aliphatic rings. The Balaban J connectivity index is 0.00000162. The van der Waals surface area contributed by atoms with Gasteiger partial charge in [-0.05, 0) is 38.0 Å². The minimum atomic E-state index is 0. The van der Waals surface area contributed by atoms with Gasteiger partial charge in [0.15, 0.2) is 6.10 Å². The lowest BCUT2D eigenvalue weighted by Crippen LogP contribution is -2.35. The number of aryl methyl sites for hydroxylation is 1. The number of hydrogen-bond donors (Lipinski definition) is 0. The van der Waals surface area contributed by atoms with Gasteiger partial charge in [0.2, 0.25) is 0 Å². The Morgan fingerprint density at radius 2 is 2.06 bits per heavy atom. The smallest absolute Gasteiger partial charge is 0.153 e. The molecule has 0 radical (unpaired) electrons. The van der Waals surface area contributed by atoms with E-state index in [9.17, 15) is 0 Å². The third-order valence-electron chi connectivity index (χ3n) is 3.32. The second-order valence-electron chi connectivity index (χ2n) is 4.62. The van der Waals surface area contributed by atoms with Crippen molar-refractivity contribution in [2.24, 2.45) is 4.99 Å². The first kappa shape index (κ1) is 14.8. The summed E-state index contributed by atoms with van der Waals surface area (Å²) in [5.74, 6) is 2.01. The van der Waals surface area contributed by atoms with Gasteiger partial charge in [-0.3, -0.25) is 4.99 Å². The summed E-state index contributed by atoms with van der Waals surface area (Å²) in [6.45, 7) is 8.13. The first-order valence-electron chi connectivity index (χ1n) is 6.08. The van der Waals surface area contributed by atoms with Gasteiger partial charge in [-0.15, -0.1) is 12.4 Å². The monoisotopic (exact) mass is 268 g/mol. The second kappa shape index (κ2) is 6.10. The molecule has 1 aromatic rings. The molecular weight excluding hydrogens is 248 g/mol. The van der Waals surface area contributed by atoms with Crippen molar-refractivity contribution in [1.29, 1.82) is 0 Å². The average molecular weight is 269 g/mol. The van der Waals surface area contributed by atoms with E-state index in [2.05, 4.69) is 43.8 Å². The quantitative estimate of drug-likeness (QED) is 0.842. The highest BCUT2D eigenvalue weighted by molar-refractivity contribution is 5.87. The van der Waals surface area contributed by atoms with Crippen molar-refractivity contribution < 1.29 is 4.74 Å². The van der Waals surface area contributed by atoms with E-state index in [1.54, 1.807) is 0 Å². The highest BCUT2D eigenvalue weighted by atomic mass is 35.5. The van der Waals surface area contributed by atoms with Crippen LogP contribution in [-0.4, -0.2) is 37.0 Å². The zero-order chi connectivity index (χ0) is 12.4. The predicted molar refractivity (Wildman–Crippen MR) is 78.2 cm³/mol. The molecule has 0 saturated carbocycles. The molecule has 1 heterocycles. The maximum absolute atomic E-state index is 6.01. The van der Waals surface area contributed by atoms with Gasteiger partial charge < -0.3 is 9.64 Å². The van der Waals surface area contributed by atoms with Gasteiger partial charge in [0, 0.05) is 13.6 Å². The van der Waals surface area contributed by atoms with Gasteiger partial charge in [-0.25, -0.2) is 0 Å². The Morgan fingerprint density at radius 1 is 1.33 bits per heavy atom. The van der Waals surface area contributed by atoms with Crippen LogP contribution < -0.4 is 4.74 Å². The van der Waals surface area contributed by atoms with Gasteiger partial charge in [0.05, 0.1) is 6.54 Å². The van der Waals surface area contributed by atoms with Gasteiger partial charge in [-0.1, -0.05) is 12.1 Å². The fourth-order valence-electron chi connectivity index (χ4n) is 2.08. The molecule has 1 aromatic carbocycles.